The van der Waals surface area contributed by atoms with Crippen LogP contribution in [0.3, 0.4) is 0 Å². The van der Waals surface area contributed by atoms with E-state index in [1.807, 2.05) is 34.6 Å². The summed E-state index contributed by atoms with van der Waals surface area (Å²) in [7, 11) is 0. The zero-order chi connectivity index (χ0) is 19.5. The van der Waals surface area contributed by atoms with Crippen LogP contribution in [0.5, 0.6) is 0 Å². The lowest BCUT2D eigenvalue weighted by Gasteiger charge is -2.23. The predicted molar refractivity (Wildman–Crippen MR) is 102 cm³/mol. The fourth-order valence-electron chi connectivity index (χ4n) is 2.40. The monoisotopic (exact) mass is 395 g/mol. The topological polar surface area (TPSA) is 81.2 Å². The number of aryl methyl sites for hydroxylation is 1. The third-order valence-corrected chi connectivity index (χ3v) is 4.93. The molecule has 0 fully saturated rings. The Bertz CT molecular complexity index is 814. The second kappa shape index (κ2) is 8.14. The number of ketones is 1. The van der Waals surface area contributed by atoms with E-state index in [0.717, 1.165) is 10.4 Å². The summed E-state index contributed by atoms with van der Waals surface area (Å²) in [6.45, 7) is 9.31. The molecule has 2 rings (SSSR count). The summed E-state index contributed by atoms with van der Waals surface area (Å²) in [4.78, 5) is 34.0. The first-order valence-electron chi connectivity index (χ1n) is 8.22. The normalized spacial score (nSPS) is 12.5. The van der Waals surface area contributed by atoms with Crippen LogP contribution in [0.2, 0.25) is 5.15 Å². The molecule has 0 saturated carbocycles. The number of thiophene rings is 1. The Morgan fingerprint density at radius 1 is 1.38 bits per heavy atom. The van der Waals surface area contributed by atoms with Gasteiger partial charge in [-0.05, 0) is 45.7 Å². The predicted octanol–water partition coefficient (Wildman–Crippen LogP) is 4.71. The zero-order valence-corrected chi connectivity index (χ0v) is 17.0. The molecule has 1 amide bonds. The average molecular weight is 396 g/mol. The number of nitrogens with zero attached hydrogens (tertiary/aromatic N) is 2. The van der Waals surface area contributed by atoms with Gasteiger partial charge >= 0.3 is 6.09 Å². The van der Waals surface area contributed by atoms with E-state index in [1.54, 1.807) is 6.07 Å². The minimum Gasteiger partial charge on any atom is -0.444 e. The van der Waals surface area contributed by atoms with Gasteiger partial charge in [0.15, 0.2) is 0 Å². The van der Waals surface area contributed by atoms with Crippen molar-refractivity contribution in [2.24, 2.45) is 0 Å². The van der Waals surface area contributed by atoms with Crippen LogP contribution in [0.1, 0.15) is 65.8 Å². The number of ether oxygens (including phenoxy) is 1. The largest absolute Gasteiger partial charge is 0.444 e. The van der Waals surface area contributed by atoms with E-state index in [-0.39, 0.29) is 22.5 Å². The quantitative estimate of drug-likeness (QED) is 0.585. The molecule has 1 N–H and O–H groups in total. The molecule has 2 aromatic rings. The highest BCUT2D eigenvalue weighted by Crippen LogP contribution is 2.31. The maximum atomic E-state index is 12.7. The lowest BCUT2D eigenvalue weighted by molar-refractivity contribution is 0.0502. The number of carbonyl (C=O) groups is 2. The Morgan fingerprint density at radius 2 is 2.08 bits per heavy atom. The Kier molecular flexibility index (Phi) is 6.36. The van der Waals surface area contributed by atoms with Gasteiger partial charge in [-0.15, -0.1) is 11.3 Å². The third-order valence-electron chi connectivity index (χ3n) is 3.56. The molecule has 0 spiro atoms. The smallest absolute Gasteiger partial charge is 0.408 e. The zero-order valence-electron chi connectivity index (χ0n) is 15.4. The van der Waals surface area contributed by atoms with Gasteiger partial charge in [0.2, 0.25) is 5.78 Å². The molecule has 140 valence electrons. The first-order valence-corrected chi connectivity index (χ1v) is 9.42. The second-order valence-corrected chi connectivity index (χ2v) is 8.40. The summed E-state index contributed by atoms with van der Waals surface area (Å²) in [6.07, 6.45) is 2.88. The maximum absolute atomic E-state index is 12.7. The summed E-state index contributed by atoms with van der Waals surface area (Å²) >= 11 is 7.35. The van der Waals surface area contributed by atoms with Crippen molar-refractivity contribution in [3.63, 3.8) is 0 Å². The highest BCUT2D eigenvalue weighted by molar-refractivity contribution is 7.14. The van der Waals surface area contributed by atoms with E-state index in [2.05, 4.69) is 15.3 Å². The van der Waals surface area contributed by atoms with Gasteiger partial charge in [-0.2, -0.15) is 0 Å². The van der Waals surface area contributed by atoms with Crippen LogP contribution in [0.15, 0.2) is 18.6 Å². The number of alkyl carbamates (subject to hydrolysis) is 1. The lowest BCUT2D eigenvalue weighted by atomic mass is 10.0. The van der Waals surface area contributed by atoms with Crippen molar-refractivity contribution in [3.05, 3.63) is 44.6 Å². The van der Waals surface area contributed by atoms with Crippen LogP contribution < -0.4 is 5.32 Å². The molecule has 0 aromatic carbocycles. The van der Waals surface area contributed by atoms with Gasteiger partial charge in [0.25, 0.3) is 0 Å². The van der Waals surface area contributed by atoms with Crippen molar-refractivity contribution in [1.29, 1.82) is 0 Å². The number of aromatic nitrogens is 2. The van der Waals surface area contributed by atoms with E-state index < -0.39 is 11.7 Å². The number of rotatable bonds is 5. The van der Waals surface area contributed by atoms with Gasteiger partial charge in [0.1, 0.15) is 17.1 Å². The molecule has 0 aliphatic rings. The van der Waals surface area contributed by atoms with Crippen LogP contribution in [-0.2, 0) is 4.74 Å². The fraction of sp³-hybridized carbons (Fsp3) is 0.444. The van der Waals surface area contributed by atoms with E-state index in [4.69, 9.17) is 16.3 Å². The van der Waals surface area contributed by atoms with Crippen molar-refractivity contribution in [2.75, 3.05) is 0 Å². The van der Waals surface area contributed by atoms with E-state index >= 15 is 0 Å². The number of amides is 1. The first kappa shape index (κ1) is 20.3. The highest BCUT2D eigenvalue weighted by Gasteiger charge is 2.24. The van der Waals surface area contributed by atoms with Crippen LogP contribution in [0, 0.1) is 6.92 Å². The van der Waals surface area contributed by atoms with Crippen molar-refractivity contribution >= 4 is 34.8 Å². The van der Waals surface area contributed by atoms with Gasteiger partial charge in [0.05, 0.1) is 16.5 Å². The second-order valence-electron chi connectivity index (χ2n) is 6.79. The number of hydrogen-bond acceptors (Lipinski definition) is 6. The van der Waals surface area contributed by atoms with Crippen molar-refractivity contribution in [2.45, 2.75) is 52.7 Å². The van der Waals surface area contributed by atoms with E-state index in [9.17, 15) is 9.59 Å². The number of nitrogens with one attached hydrogen (secondary N) is 1. The summed E-state index contributed by atoms with van der Waals surface area (Å²) in [5.74, 6) is -0.234. The first-order chi connectivity index (χ1) is 12.1. The minimum atomic E-state index is -0.572. The molecule has 26 heavy (non-hydrogen) atoms. The van der Waals surface area contributed by atoms with Gasteiger partial charge in [-0.1, -0.05) is 18.5 Å². The molecule has 6 nitrogen and oxygen atoms in total. The minimum absolute atomic E-state index is 0.122. The number of carbonyl (C=O) groups excluding carboxylic acids is 2. The van der Waals surface area contributed by atoms with Crippen molar-refractivity contribution < 1.29 is 14.3 Å². The molecule has 1 unspecified atom stereocenters. The summed E-state index contributed by atoms with van der Waals surface area (Å²) < 4.78 is 5.32. The van der Waals surface area contributed by atoms with Crippen molar-refractivity contribution in [1.82, 2.24) is 15.3 Å². The summed E-state index contributed by atoms with van der Waals surface area (Å²) in [5, 5.41) is 2.99. The van der Waals surface area contributed by atoms with Gasteiger partial charge in [0, 0.05) is 11.1 Å². The molecule has 0 radical (unpaired) electrons. The third kappa shape index (κ3) is 5.02. The highest BCUT2D eigenvalue weighted by atomic mass is 35.5. The van der Waals surface area contributed by atoms with Crippen molar-refractivity contribution in [3.8, 4) is 0 Å². The summed E-state index contributed by atoms with van der Waals surface area (Å²) in [5.41, 5.74) is 0.576. The molecule has 2 aromatic heterocycles. The Labute approximate surface area is 162 Å². The molecular formula is C18H22ClN3O3S. The Balaban J connectivity index is 2.24. The molecule has 2 heterocycles. The number of halogens is 1. The number of hydrogen-bond donors (Lipinski definition) is 1. The van der Waals surface area contributed by atoms with Gasteiger partial charge in [-0.25, -0.2) is 14.8 Å². The summed E-state index contributed by atoms with van der Waals surface area (Å²) in [6, 6.07) is 1.54. The van der Waals surface area contributed by atoms with E-state index in [1.165, 1.54) is 23.9 Å². The SMILES string of the molecule is CCC(NC(=O)OC(C)(C)C)c1cc(C(=O)c2cncnc2Cl)sc1C. The molecule has 0 aliphatic heterocycles. The van der Waals surface area contributed by atoms with Crippen LogP contribution in [0.25, 0.3) is 0 Å². The molecular weight excluding hydrogens is 374 g/mol. The molecule has 8 heteroatoms. The standard InChI is InChI=1S/C18H22ClN3O3S/c1-6-13(22-17(24)25-18(3,4)5)11-7-14(26-10(11)2)15(23)12-8-20-9-21-16(12)19/h7-9,13H,6H2,1-5H3,(H,22,24). The maximum Gasteiger partial charge on any atom is 0.408 e. The molecule has 0 aliphatic carbocycles. The van der Waals surface area contributed by atoms with Crippen LogP contribution in [-0.4, -0.2) is 27.4 Å². The van der Waals surface area contributed by atoms with E-state index in [0.29, 0.717) is 11.3 Å². The van der Waals surface area contributed by atoms with Crippen LogP contribution >= 0.6 is 22.9 Å². The lowest BCUT2D eigenvalue weighted by Crippen LogP contribution is -2.34. The molecule has 0 bridgehead atoms. The molecule has 0 saturated heterocycles. The van der Waals surface area contributed by atoms with Gasteiger partial charge < -0.3 is 10.1 Å². The Hall–Kier alpha value is -1.99. The molecule has 1 atom stereocenters. The Morgan fingerprint density at radius 3 is 2.65 bits per heavy atom. The van der Waals surface area contributed by atoms with Gasteiger partial charge in [-0.3, -0.25) is 4.79 Å². The average Bonchev–Trinajstić information content (AvgIpc) is 2.92. The van der Waals surface area contributed by atoms with Crippen LogP contribution in [0.4, 0.5) is 4.79 Å². The fourth-order valence-corrected chi connectivity index (χ4v) is 3.62.